The van der Waals surface area contributed by atoms with Crippen LogP contribution in [0, 0.1) is 5.92 Å². The van der Waals surface area contributed by atoms with Crippen molar-refractivity contribution in [2.24, 2.45) is 5.92 Å². The molecule has 1 aliphatic heterocycles. The molecule has 1 aromatic heterocycles. The Hall–Kier alpha value is -1.14. The Bertz CT molecular complexity index is 372. The number of rotatable bonds is 3. The summed E-state index contributed by atoms with van der Waals surface area (Å²) in [4.78, 5) is 18.2. The van der Waals surface area contributed by atoms with Crippen LogP contribution in [0.2, 0.25) is 0 Å². The summed E-state index contributed by atoms with van der Waals surface area (Å²) in [5, 5.41) is 9.47. The number of likely N-dealkylation sites (tertiary alicyclic amines) is 1. The number of carbonyl (C=O) groups is 1. The fraction of sp³-hybridized carbons (Fsp3) is 0.600. The van der Waals surface area contributed by atoms with E-state index in [0.717, 1.165) is 37.4 Å². The van der Waals surface area contributed by atoms with Gasteiger partial charge in [0.1, 0.15) is 0 Å². The van der Waals surface area contributed by atoms with Crippen LogP contribution in [-0.2, 0) is 11.3 Å². The van der Waals surface area contributed by atoms with Crippen molar-refractivity contribution in [3.8, 4) is 0 Å². The first-order valence-corrected chi connectivity index (χ1v) is 6.12. The SMILES string of the molecule is Nc1ncc(CN2CCC(C(=O)O)CC2)s1. The molecule has 0 aromatic carbocycles. The zero-order valence-electron chi connectivity index (χ0n) is 8.93. The summed E-state index contributed by atoms with van der Waals surface area (Å²) in [5.74, 6) is -0.829. The van der Waals surface area contributed by atoms with E-state index in [0.29, 0.717) is 5.13 Å². The molecule has 1 fully saturated rings. The van der Waals surface area contributed by atoms with E-state index in [-0.39, 0.29) is 5.92 Å². The Labute approximate surface area is 97.9 Å². The minimum absolute atomic E-state index is 0.164. The van der Waals surface area contributed by atoms with Gasteiger partial charge in [0.25, 0.3) is 0 Å². The van der Waals surface area contributed by atoms with Crippen LogP contribution in [0.1, 0.15) is 17.7 Å². The standard InChI is InChI=1S/C10H15N3O2S/c11-10-12-5-8(16-10)6-13-3-1-7(2-4-13)9(14)15/h5,7H,1-4,6H2,(H2,11,12)(H,14,15). The van der Waals surface area contributed by atoms with Crippen molar-refractivity contribution in [2.45, 2.75) is 19.4 Å². The number of hydrogen-bond acceptors (Lipinski definition) is 5. The summed E-state index contributed by atoms with van der Waals surface area (Å²) in [5.41, 5.74) is 5.56. The quantitative estimate of drug-likeness (QED) is 0.826. The zero-order valence-corrected chi connectivity index (χ0v) is 9.74. The van der Waals surface area contributed by atoms with Gasteiger partial charge in [0.15, 0.2) is 5.13 Å². The predicted molar refractivity (Wildman–Crippen MR) is 62.2 cm³/mol. The Morgan fingerprint density at radius 3 is 2.81 bits per heavy atom. The fourth-order valence-electron chi connectivity index (χ4n) is 1.95. The molecule has 1 aromatic rings. The Kier molecular flexibility index (Phi) is 3.40. The van der Waals surface area contributed by atoms with Crippen molar-refractivity contribution in [3.63, 3.8) is 0 Å². The highest BCUT2D eigenvalue weighted by Gasteiger charge is 2.24. The summed E-state index contributed by atoms with van der Waals surface area (Å²) in [6.07, 6.45) is 3.27. The highest BCUT2D eigenvalue weighted by molar-refractivity contribution is 7.15. The molecule has 2 heterocycles. The van der Waals surface area contributed by atoms with Gasteiger partial charge in [-0.25, -0.2) is 4.98 Å². The van der Waals surface area contributed by atoms with E-state index in [1.165, 1.54) is 11.3 Å². The van der Waals surface area contributed by atoms with Crippen LogP contribution in [0.3, 0.4) is 0 Å². The number of piperidine rings is 1. The van der Waals surface area contributed by atoms with Crippen LogP contribution in [0.15, 0.2) is 6.20 Å². The highest BCUT2D eigenvalue weighted by atomic mass is 32.1. The lowest BCUT2D eigenvalue weighted by molar-refractivity contribution is -0.143. The normalized spacial score (nSPS) is 18.8. The van der Waals surface area contributed by atoms with Crippen LogP contribution in [0.5, 0.6) is 0 Å². The molecular weight excluding hydrogens is 226 g/mol. The van der Waals surface area contributed by atoms with Gasteiger partial charge < -0.3 is 10.8 Å². The number of hydrogen-bond donors (Lipinski definition) is 2. The Morgan fingerprint density at radius 1 is 1.62 bits per heavy atom. The molecule has 0 amide bonds. The molecule has 3 N–H and O–H groups in total. The van der Waals surface area contributed by atoms with Crippen molar-refractivity contribution >= 4 is 22.4 Å². The maximum absolute atomic E-state index is 10.8. The number of nitrogens with zero attached hydrogens (tertiary/aromatic N) is 2. The molecule has 5 nitrogen and oxygen atoms in total. The van der Waals surface area contributed by atoms with E-state index in [1.54, 1.807) is 6.20 Å². The first-order chi connectivity index (χ1) is 7.65. The van der Waals surface area contributed by atoms with Gasteiger partial charge in [-0.1, -0.05) is 0 Å². The molecule has 6 heteroatoms. The number of aliphatic carboxylic acids is 1. The molecule has 16 heavy (non-hydrogen) atoms. The smallest absolute Gasteiger partial charge is 0.306 e. The van der Waals surface area contributed by atoms with Crippen molar-refractivity contribution < 1.29 is 9.90 Å². The van der Waals surface area contributed by atoms with Gasteiger partial charge in [0.2, 0.25) is 0 Å². The predicted octanol–water partition coefficient (Wildman–Crippen LogP) is 1.02. The van der Waals surface area contributed by atoms with E-state index in [9.17, 15) is 4.79 Å². The van der Waals surface area contributed by atoms with Gasteiger partial charge in [-0.3, -0.25) is 9.69 Å². The summed E-state index contributed by atoms with van der Waals surface area (Å²) < 4.78 is 0. The molecule has 0 bridgehead atoms. The van der Waals surface area contributed by atoms with Crippen molar-refractivity contribution in [1.29, 1.82) is 0 Å². The van der Waals surface area contributed by atoms with Gasteiger partial charge in [-0.2, -0.15) is 0 Å². The second kappa shape index (κ2) is 4.80. The average molecular weight is 241 g/mol. The first-order valence-electron chi connectivity index (χ1n) is 5.30. The lowest BCUT2D eigenvalue weighted by Gasteiger charge is -2.29. The molecule has 0 atom stereocenters. The van der Waals surface area contributed by atoms with Crippen LogP contribution >= 0.6 is 11.3 Å². The van der Waals surface area contributed by atoms with Gasteiger partial charge in [-0.05, 0) is 25.9 Å². The number of nitrogens with two attached hydrogens (primary N) is 1. The third-order valence-corrected chi connectivity index (χ3v) is 3.70. The Morgan fingerprint density at radius 2 is 2.31 bits per heavy atom. The molecule has 0 unspecified atom stereocenters. The maximum atomic E-state index is 10.8. The zero-order chi connectivity index (χ0) is 11.5. The fourth-order valence-corrected chi connectivity index (χ4v) is 2.68. The van der Waals surface area contributed by atoms with Crippen LogP contribution in [0.25, 0.3) is 0 Å². The van der Waals surface area contributed by atoms with E-state index in [4.69, 9.17) is 10.8 Å². The summed E-state index contributed by atoms with van der Waals surface area (Å²) in [7, 11) is 0. The highest BCUT2D eigenvalue weighted by Crippen LogP contribution is 2.21. The average Bonchev–Trinajstić information content (AvgIpc) is 2.65. The van der Waals surface area contributed by atoms with E-state index in [1.807, 2.05) is 0 Å². The molecule has 0 aliphatic carbocycles. The van der Waals surface area contributed by atoms with Gasteiger partial charge in [-0.15, -0.1) is 11.3 Å². The van der Waals surface area contributed by atoms with E-state index in [2.05, 4.69) is 9.88 Å². The molecule has 0 saturated carbocycles. The second-order valence-electron chi connectivity index (χ2n) is 4.05. The van der Waals surface area contributed by atoms with Gasteiger partial charge in [0, 0.05) is 17.6 Å². The minimum Gasteiger partial charge on any atom is -0.481 e. The van der Waals surface area contributed by atoms with Gasteiger partial charge in [0.05, 0.1) is 5.92 Å². The third kappa shape index (κ3) is 2.70. The largest absolute Gasteiger partial charge is 0.481 e. The molecule has 0 radical (unpaired) electrons. The monoisotopic (exact) mass is 241 g/mol. The molecule has 0 spiro atoms. The summed E-state index contributed by atoms with van der Waals surface area (Å²) >= 11 is 1.50. The molecular formula is C10H15N3O2S. The number of thiazole rings is 1. The van der Waals surface area contributed by atoms with Crippen LogP contribution < -0.4 is 5.73 Å². The number of anilines is 1. The summed E-state index contributed by atoms with van der Waals surface area (Å²) in [6.45, 7) is 2.52. The van der Waals surface area contributed by atoms with Crippen molar-refractivity contribution in [2.75, 3.05) is 18.8 Å². The topological polar surface area (TPSA) is 79.5 Å². The number of nitrogen functional groups attached to an aromatic ring is 1. The van der Waals surface area contributed by atoms with E-state index >= 15 is 0 Å². The van der Waals surface area contributed by atoms with Crippen LogP contribution in [0.4, 0.5) is 5.13 Å². The minimum atomic E-state index is -0.665. The molecule has 1 saturated heterocycles. The number of aromatic nitrogens is 1. The van der Waals surface area contributed by atoms with Crippen molar-refractivity contribution in [3.05, 3.63) is 11.1 Å². The number of carboxylic acids is 1. The lowest BCUT2D eigenvalue weighted by atomic mass is 9.97. The number of carboxylic acid groups (broad SMARTS) is 1. The van der Waals surface area contributed by atoms with E-state index < -0.39 is 5.97 Å². The second-order valence-corrected chi connectivity index (χ2v) is 5.20. The lowest BCUT2D eigenvalue weighted by Crippen LogP contribution is -2.35. The molecule has 1 aliphatic rings. The Balaban J connectivity index is 1.83. The molecule has 88 valence electrons. The van der Waals surface area contributed by atoms with Crippen molar-refractivity contribution in [1.82, 2.24) is 9.88 Å². The molecule has 2 rings (SSSR count). The third-order valence-electron chi connectivity index (χ3n) is 2.89. The maximum Gasteiger partial charge on any atom is 0.306 e. The van der Waals surface area contributed by atoms with Crippen LogP contribution in [-0.4, -0.2) is 34.0 Å². The first kappa shape index (κ1) is 11.3. The van der Waals surface area contributed by atoms with Gasteiger partial charge >= 0.3 is 5.97 Å². The summed E-state index contributed by atoms with van der Waals surface area (Å²) in [6, 6.07) is 0.